The first-order valence-electron chi connectivity index (χ1n) is 10.6. The molecule has 0 aliphatic carbocycles. The number of hydrogen-bond donors (Lipinski definition) is 2. The van der Waals surface area contributed by atoms with Gasteiger partial charge >= 0.3 is 0 Å². The Morgan fingerprint density at radius 3 is 2.31 bits per heavy atom. The molecule has 0 bridgehead atoms. The number of aromatic amines is 2. The lowest BCUT2D eigenvalue weighted by Crippen LogP contribution is -2.05. The number of H-pyrrole nitrogens is 2. The van der Waals surface area contributed by atoms with Gasteiger partial charge in [0.15, 0.2) is 11.5 Å². The fourth-order valence-electron chi connectivity index (χ4n) is 4.57. The minimum absolute atomic E-state index is 0.0331. The van der Waals surface area contributed by atoms with Crippen molar-refractivity contribution in [3.05, 3.63) is 66.5 Å². The predicted molar refractivity (Wildman–Crippen MR) is 127 cm³/mol. The average Bonchev–Trinajstić information content (AvgIpc) is 3.41. The predicted octanol–water partition coefficient (Wildman–Crippen LogP) is 6.01. The first kappa shape index (κ1) is 18.6. The molecule has 6 aromatic rings. The lowest BCUT2D eigenvalue weighted by Gasteiger charge is -2.12. The minimum atomic E-state index is -0.0331. The third kappa shape index (κ3) is 2.49. The fraction of sp³-hybridized carbons (Fsp3) is 0.115. The summed E-state index contributed by atoms with van der Waals surface area (Å²) in [6.07, 6.45) is 2.13. The maximum absolute atomic E-state index is 12.9. The number of Topliss-reactive ketones (excluding diaryl/α,β-unsaturated/α-hetero) is 1. The van der Waals surface area contributed by atoms with Crippen LogP contribution in [0.4, 0.5) is 0 Å². The van der Waals surface area contributed by atoms with E-state index in [4.69, 9.17) is 9.72 Å². The Labute approximate surface area is 183 Å². The van der Waals surface area contributed by atoms with Gasteiger partial charge in [-0.3, -0.25) is 9.78 Å². The molecule has 6 rings (SSSR count). The Morgan fingerprint density at radius 2 is 1.56 bits per heavy atom. The van der Waals surface area contributed by atoms with Crippen LogP contribution < -0.4 is 4.74 Å². The van der Waals surface area contributed by atoms with Crippen molar-refractivity contribution in [1.29, 1.82) is 0 Å². The highest BCUT2D eigenvalue weighted by Gasteiger charge is 2.25. The molecule has 0 atom stereocenters. The maximum atomic E-state index is 12.9. The number of benzene rings is 2. The number of pyridine rings is 2. The summed E-state index contributed by atoms with van der Waals surface area (Å²) in [4.78, 5) is 29.3. The Bertz CT molecular complexity index is 1680. The molecule has 0 aliphatic rings. The van der Waals surface area contributed by atoms with Crippen LogP contribution in [0.2, 0.25) is 0 Å². The SMILES string of the molecule is CCC(=O)c1nc(-c2nccc3c2[nH]c2ccccc23)c(OC)c2c1[nH]c1ccccc12. The third-order valence-electron chi connectivity index (χ3n) is 6.05. The van der Waals surface area contributed by atoms with Gasteiger partial charge in [-0.2, -0.15) is 0 Å². The zero-order chi connectivity index (χ0) is 21.8. The van der Waals surface area contributed by atoms with Gasteiger partial charge in [0.05, 0.1) is 23.5 Å². The molecule has 4 heterocycles. The van der Waals surface area contributed by atoms with Gasteiger partial charge in [0.25, 0.3) is 0 Å². The smallest absolute Gasteiger partial charge is 0.183 e. The first-order chi connectivity index (χ1) is 15.7. The highest BCUT2D eigenvalue weighted by molar-refractivity contribution is 6.19. The van der Waals surface area contributed by atoms with Gasteiger partial charge in [-0.05, 0) is 18.2 Å². The second-order valence-electron chi connectivity index (χ2n) is 7.79. The van der Waals surface area contributed by atoms with Crippen molar-refractivity contribution in [2.45, 2.75) is 13.3 Å². The zero-order valence-corrected chi connectivity index (χ0v) is 17.7. The molecule has 0 amide bonds. The van der Waals surface area contributed by atoms with Crippen LogP contribution in [-0.2, 0) is 0 Å². The van der Waals surface area contributed by atoms with E-state index in [1.54, 1.807) is 13.3 Å². The maximum Gasteiger partial charge on any atom is 0.183 e. The minimum Gasteiger partial charge on any atom is -0.494 e. The van der Waals surface area contributed by atoms with E-state index in [0.717, 1.165) is 38.1 Å². The molecule has 156 valence electrons. The van der Waals surface area contributed by atoms with E-state index in [9.17, 15) is 4.79 Å². The summed E-state index contributed by atoms with van der Waals surface area (Å²) in [7, 11) is 1.63. The molecule has 32 heavy (non-hydrogen) atoms. The molecule has 0 spiro atoms. The van der Waals surface area contributed by atoms with Gasteiger partial charge < -0.3 is 14.7 Å². The summed E-state index contributed by atoms with van der Waals surface area (Å²) < 4.78 is 5.92. The summed E-state index contributed by atoms with van der Waals surface area (Å²) in [6, 6.07) is 18.1. The van der Waals surface area contributed by atoms with E-state index in [-0.39, 0.29) is 5.78 Å². The van der Waals surface area contributed by atoms with Crippen molar-refractivity contribution < 1.29 is 9.53 Å². The number of carbonyl (C=O) groups is 1. The van der Waals surface area contributed by atoms with Crippen LogP contribution in [0, 0.1) is 0 Å². The third-order valence-corrected chi connectivity index (χ3v) is 6.05. The summed E-state index contributed by atoms with van der Waals surface area (Å²) in [5.74, 6) is 0.568. The monoisotopic (exact) mass is 420 g/mol. The average molecular weight is 420 g/mol. The van der Waals surface area contributed by atoms with Gasteiger partial charge in [0.2, 0.25) is 0 Å². The molecule has 0 fully saturated rings. The molecule has 6 nitrogen and oxygen atoms in total. The summed E-state index contributed by atoms with van der Waals surface area (Å²) in [5, 5.41) is 4.00. The Morgan fingerprint density at radius 1 is 0.875 bits per heavy atom. The Hall–Kier alpha value is -4.19. The standard InChI is InChI=1S/C26H20N4O2/c1-3-19(31)22-23-20(16-9-5-7-11-18(16)29-23)26(32-2)25(30-22)24-21-15(12-13-27-24)14-8-4-6-10-17(14)28-21/h4-13,28-29H,3H2,1-2H3. The van der Waals surface area contributed by atoms with E-state index in [0.29, 0.717) is 34.8 Å². The lowest BCUT2D eigenvalue weighted by molar-refractivity contribution is 0.0985. The quantitative estimate of drug-likeness (QED) is 0.342. The van der Waals surface area contributed by atoms with Gasteiger partial charge in [-0.25, -0.2) is 4.98 Å². The number of aromatic nitrogens is 4. The van der Waals surface area contributed by atoms with E-state index in [2.05, 4.69) is 21.0 Å². The largest absolute Gasteiger partial charge is 0.494 e. The van der Waals surface area contributed by atoms with E-state index >= 15 is 0 Å². The number of fused-ring (bicyclic) bond motifs is 6. The van der Waals surface area contributed by atoms with Gasteiger partial charge in [-0.15, -0.1) is 0 Å². The number of hydrogen-bond acceptors (Lipinski definition) is 4. The lowest BCUT2D eigenvalue weighted by atomic mass is 10.0. The van der Waals surface area contributed by atoms with Crippen LogP contribution in [0.5, 0.6) is 5.75 Å². The highest BCUT2D eigenvalue weighted by atomic mass is 16.5. The molecule has 4 aromatic heterocycles. The van der Waals surface area contributed by atoms with Crippen LogP contribution in [0.15, 0.2) is 60.8 Å². The summed E-state index contributed by atoms with van der Waals surface area (Å²) in [5.41, 5.74) is 5.14. The van der Waals surface area contributed by atoms with Crippen molar-refractivity contribution in [1.82, 2.24) is 19.9 Å². The Balaban J connectivity index is 1.79. The fourth-order valence-corrected chi connectivity index (χ4v) is 4.57. The molecule has 2 aromatic carbocycles. The number of ether oxygens (including phenoxy) is 1. The molecule has 2 N–H and O–H groups in total. The van der Waals surface area contributed by atoms with Crippen molar-refractivity contribution in [3.63, 3.8) is 0 Å². The van der Waals surface area contributed by atoms with Crippen LogP contribution in [0.3, 0.4) is 0 Å². The normalized spacial score (nSPS) is 11.7. The van der Waals surface area contributed by atoms with Crippen LogP contribution >= 0.6 is 0 Å². The molecular formula is C26H20N4O2. The second-order valence-corrected chi connectivity index (χ2v) is 7.79. The Kier molecular flexibility index (Phi) is 4.01. The second kappa shape index (κ2) is 6.92. The number of para-hydroxylation sites is 2. The molecule has 0 saturated heterocycles. The summed E-state index contributed by atoms with van der Waals surface area (Å²) in [6.45, 7) is 1.85. The van der Waals surface area contributed by atoms with Crippen LogP contribution in [0.1, 0.15) is 23.8 Å². The molecule has 6 heteroatoms. The van der Waals surface area contributed by atoms with E-state index < -0.39 is 0 Å². The summed E-state index contributed by atoms with van der Waals surface area (Å²) >= 11 is 0. The van der Waals surface area contributed by atoms with E-state index in [1.807, 2.05) is 55.5 Å². The highest BCUT2D eigenvalue weighted by Crippen LogP contribution is 2.42. The van der Waals surface area contributed by atoms with Gasteiger partial charge in [-0.1, -0.05) is 43.3 Å². The van der Waals surface area contributed by atoms with Crippen LogP contribution in [-0.4, -0.2) is 32.8 Å². The molecule has 0 unspecified atom stereocenters. The zero-order valence-electron chi connectivity index (χ0n) is 17.7. The van der Waals surface area contributed by atoms with E-state index in [1.165, 1.54) is 0 Å². The molecule has 0 saturated carbocycles. The van der Waals surface area contributed by atoms with Crippen molar-refractivity contribution in [2.24, 2.45) is 0 Å². The number of carbonyl (C=O) groups excluding carboxylic acids is 1. The molecular weight excluding hydrogens is 400 g/mol. The van der Waals surface area contributed by atoms with Gasteiger partial charge in [0.1, 0.15) is 17.1 Å². The molecule has 0 aliphatic heterocycles. The topological polar surface area (TPSA) is 83.7 Å². The van der Waals surface area contributed by atoms with Crippen molar-refractivity contribution in [3.8, 4) is 17.1 Å². The molecule has 0 radical (unpaired) electrons. The number of rotatable bonds is 4. The van der Waals surface area contributed by atoms with Crippen molar-refractivity contribution in [2.75, 3.05) is 7.11 Å². The number of ketones is 1. The van der Waals surface area contributed by atoms with Crippen LogP contribution in [0.25, 0.3) is 55.0 Å². The number of methoxy groups -OCH3 is 1. The van der Waals surface area contributed by atoms with Gasteiger partial charge in [0, 0.05) is 39.8 Å². The van der Waals surface area contributed by atoms with Crippen molar-refractivity contribution >= 4 is 49.4 Å². The number of nitrogens with zero attached hydrogens (tertiary/aromatic N) is 2. The first-order valence-corrected chi connectivity index (χ1v) is 10.6. The number of nitrogens with one attached hydrogen (secondary N) is 2.